The first kappa shape index (κ1) is 34.1. The van der Waals surface area contributed by atoms with Crippen molar-refractivity contribution >= 4 is 5.78 Å². The maximum Gasteiger partial charge on any atom is 0.194 e. The number of carbonyl (C=O) groups excluding carboxylic acids is 1. The highest BCUT2D eigenvalue weighted by Crippen LogP contribution is 2.31. The fourth-order valence-electron chi connectivity index (χ4n) is 5.54. The predicted octanol–water partition coefficient (Wildman–Crippen LogP) is 5.38. The SMILES string of the molecule is CCCCCCCCCCCCCCCCCC(=O)C(c1ccccc1)[N+](CC)(CC)CCN.[Cl-]. The molecule has 1 aromatic carbocycles. The first-order valence-corrected chi connectivity index (χ1v) is 14.8. The lowest BCUT2D eigenvalue weighted by Gasteiger charge is -2.43. The molecule has 0 aliphatic carbocycles. The summed E-state index contributed by atoms with van der Waals surface area (Å²) in [4.78, 5) is 13.5. The summed E-state index contributed by atoms with van der Waals surface area (Å²) >= 11 is 0. The van der Waals surface area contributed by atoms with Gasteiger partial charge >= 0.3 is 0 Å². The lowest BCUT2D eigenvalue weighted by molar-refractivity contribution is -0.943. The van der Waals surface area contributed by atoms with Gasteiger partial charge in [0.15, 0.2) is 11.8 Å². The van der Waals surface area contributed by atoms with E-state index in [1.165, 1.54) is 89.9 Å². The summed E-state index contributed by atoms with van der Waals surface area (Å²) in [6.07, 6.45) is 21.0. The van der Waals surface area contributed by atoms with Crippen LogP contribution >= 0.6 is 0 Å². The Labute approximate surface area is 224 Å². The van der Waals surface area contributed by atoms with Crippen molar-refractivity contribution in [1.29, 1.82) is 0 Å². The summed E-state index contributed by atoms with van der Waals surface area (Å²) in [5.41, 5.74) is 7.15. The summed E-state index contributed by atoms with van der Waals surface area (Å²) in [5, 5.41) is 0. The van der Waals surface area contributed by atoms with Gasteiger partial charge in [-0.1, -0.05) is 127 Å². The van der Waals surface area contributed by atoms with Crippen LogP contribution in [0.1, 0.15) is 135 Å². The number of rotatable bonds is 23. The molecule has 0 radical (unpaired) electrons. The van der Waals surface area contributed by atoms with Crippen molar-refractivity contribution in [1.82, 2.24) is 0 Å². The lowest BCUT2D eigenvalue weighted by Crippen LogP contribution is -3.00. The van der Waals surface area contributed by atoms with E-state index in [0.29, 0.717) is 18.7 Å². The Kier molecular flexibility index (Phi) is 21.7. The topological polar surface area (TPSA) is 43.1 Å². The van der Waals surface area contributed by atoms with Crippen LogP contribution in [0.3, 0.4) is 0 Å². The molecule has 35 heavy (non-hydrogen) atoms. The maximum absolute atomic E-state index is 13.5. The molecule has 1 atom stereocenters. The van der Waals surface area contributed by atoms with Gasteiger partial charge in [-0.15, -0.1) is 0 Å². The van der Waals surface area contributed by atoms with Crippen LogP contribution < -0.4 is 18.1 Å². The molecule has 4 heteroatoms. The predicted molar refractivity (Wildman–Crippen MR) is 149 cm³/mol. The second-order valence-corrected chi connectivity index (χ2v) is 10.3. The smallest absolute Gasteiger partial charge is 0.194 e. The van der Waals surface area contributed by atoms with E-state index in [9.17, 15) is 4.79 Å². The zero-order valence-electron chi connectivity index (χ0n) is 23.4. The van der Waals surface area contributed by atoms with E-state index >= 15 is 0 Å². The normalized spacial score (nSPS) is 12.3. The van der Waals surface area contributed by atoms with Gasteiger partial charge in [-0.25, -0.2) is 0 Å². The number of ketones is 1. The van der Waals surface area contributed by atoms with Gasteiger partial charge in [-0.3, -0.25) is 4.79 Å². The van der Waals surface area contributed by atoms with Gasteiger partial charge in [0.05, 0.1) is 19.6 Å². The number of benzene rings is 1. The van der Waals surface area contributed by atoms with Crippen molar-refractivity contribution in [3.63, 3.8) is 0 Å². The number of unbranched alkanes of at least 4 members (excludes halogenated alkanes) is 14. The van der Waals surface area contributed by atoms with Crippen molar-refractivity contribution in [2.24, 2.45) is 5.73 Å². The Bertz CT molecular complexity index is 603. The molecule has 3 nitrogen and oxygen atoms in total. The van der Waals surface area contributed by atoms with E-state index < -0.39 is 0 Å². The molecule has 0 fully saturated rings. The minimum atomic E-state index is -0.0774. The van der Waals surface area contributed by atoms with E-state index in [2.05, 4.69) is 45.0 Å². The molecular weight excluding hydrogens is 452 g/mol. The lowest BCUT2D eigenvalue weighted by atomic mass is 9.94. The third-order valence-electron chi connectivity index (χ3n) is 7.83. The number of nitrogens with two attached hydrogens (primary N) is 1. The Morgan fingerprint density at radius 1 is 0.714 bits per heavy atom. The third-order valence-corrected chi connectivity index (χ3v) is 7.83. The molecule has 0 heterocycles. The second kappa shape index (κ2) is 22.3. The van der Waals surface area contributed by atoms with Gasteiger partial charge in [-0.05, 0) is 20.3 Å². The molecule has 0 saturated heterocycles. The highest BCUT2D eigenvalue weighted by Gasteiger charge is 2.39. The molecule has 1 rings (SSSR count). The summed E-state index contributed by atoms with van der Waals surface area (Å²) in [6, 6.07) is 10.3. The zero-order valence-corrected chi connectivity index (χ0v) is 24.2. The summed E-state index contributed by atoms with van der Waals surface area (Å²) in [5.74, 6) is 0.401. The summed E-state index contributed by atoms with van der Waals surface area (Å²) in [7, 11) is 0. The van der Waals surface area contributed by atoms with Gasteiger partial charge < -0.3 is 22.6 Å². The average Bonchev–Trinajstić information content (AvgIpc) is 2.86. The first-order chi connectivity index (χ1) is 16.6. The number of Topliss-reactive ketones (excluding diaryl/α,β-unsaturated/α-hetero) is 1. The Morgan fingerprint density at radius 2 is 1.14 bits per heavy atom. The van der Waals surface area contributed by atoms with Crippen LogP contribution in [0.25, 0.3) is 0 Å². The Morgan fingerprint density at radius 3 is 1.54 bits per heavy atom. The van der Waals surface area contributed by atoms with Crippen LogP contribution in [0.2, 0.25) is 0 Å². The molecule has 2 N–H and O–H groups in total. The van der Waals surface area contributed by atoms with Crippen LogP contribution in [-0.2, 0) is 4.79 Å². The molecule has 0 aliphatic heterocycles. The molecule has 0 aromatic heterocycles. The van der Waals surface area contributed by atoms with Gasteiger partial charge in [0.1, 0.15) is 0 Å². The zero-order chi connectivity index (χ0) is 24.9. The van der Waals surface area contributed by atoms with Crippen molar-refractivity contribution in [3.8, 4) is 0 Å². The Balaban J connectivity index is 0.0000116. The second-order valence-electron chi connectivity index (χ2n) is 10.3. The number of hydrogen-bond acceptors (Lipinski definition) is 2. The van der Waals surface area contributed by atoms with Crippen molar-refractivity contribution < 1.29 is 21.7 Å². The van der Waals surface area contributed by atoms with Crippen LogP contribution in [0.4, 0.5) is 0 Å². The van der Waals surface area contributed by atoms with Gasteiger partial charge in [-0.2, -0.15) is 0 Å². The minimum Gasteiger partial charge on any atom is -1.00 e. The number of likely N-dealkylation sites (N-methyl/N-ethyl adjacent to an activating group) is 1. The third kappa shape index (κ3) is 13.8. The van der Waals surface area contributed by atoms with Crippen LogP contribution in [0.5, 0.6) is 0 Å². The number of quaternary nitrogens is 1. The van der Waals surface area contributed by atoms with E-state index in [0.717, 1.165) is 36.1 Å². The standard InChI is InChI=1S/C31H57N2O.ClH/c1-4-7-8-9-10-11-12-13-14-15-16-17-18-19-23-26-30(34)31(29-24-21-20-22-25-29)33(5-2,6-3)28-27-32;/h20-22,24-25,31H,4-19,23,26-28,32H2,1-3H3;1H/q+1;/p-1. The largest absolute Gasteiger partial charge is 1.00 e. The maximum atomic E-state index is 13.5. The van der Waals surface area contributed by atoms with E-state index in [-0.39, 0.29) is 18.4 Å². The number of halogens is 1. The van der Waals surface area contributed by atoms with Crippen molar-refractivity contribution in [2.75, 3.05) is 26.2 Å². The van der Waals surface area contributed by atoms with Crippen molar-refractivity contribution in [3.05, 3.63) is 35.9 Å². The van der Waals surface area contributed by atoms with Gasteiger partial charge in [0.25, 0.3) is 0 Å². The number of carbonyl (C=O) groups is 1. The van der Waals surface area contributed by atoms with E-state index in [4.69, 9.17) is 5.73 Å². The molecule has 0 saturated carbocycles. The number of nitrogens with zero attached hydrogens (tertiary/aromatic N) is 1. The van der Waals surface area contributed by atoms with E-state index in [1.54, 1.807) is 0 Å². The molecule has 0 bridgehead atoms. The monoisotopic (exact) mass is 508 g/mol. The molecular formula is C31H57ClN2O. The first-order valence-electron chi connectivity index (χ1n) is 14.8. The fraction of sp³-hybridized carbons (Fsp3) is 0.774. The quantitative estimate of drug-likeness (QED) is 0.159. The van der Waals surface area contributed by atoms with Crippen LogP contribution in [0, 0.1) is 0 Å². The van der Waals surface area contributed by atoms with Gasteiger partial charge in [0, 0.05) is 18.5 Å². The molecule has 1 aromatic rings. The van der Waals surface area contributed by atoms with Crippen molar-refractivity contribution in [2.45, 2.75) is 130 Å². The average molecular weight is 509 g/mol. The summed E-state index contributed by atoms with van der Waals surface area (Å²) < 4.78 is 0.776. The minimum absolute atomic E-state index is 0. The van der Waals surface area contributed by atoms with E-state index in [1.807, 2.05) is 6.07 Å². The van der Waals surface area contributed by atoms with Crippen LogP contribution in [-0.4, -0.2) is 36.4 Å². The molecule has 204 valence electrons. The molecule has 0 aliphatic rings. The molecule has 1 unspecified atom stereocenters. The molecule has 0 amide bonds. The fourth-order valence-corrected chi connectivity index (χ4v) is 5.54. The summed E-state index contributed by atoms with van der Waals surface area (Å²) in [6.45, 7) is 10.1. The Hall–Kier alpha value is -0.900. The highest BCUT2D eigenvalue weighted by atomic mass is 35.5. The van der Waals surface area contributed by atoms with Crippen LogP contribution in [0.15, 0.2) is 30.3 Å². The molecule has 0 spiro atoms. The van der Waals surface area contributed by atoms with Gasteiger partial charge in [0.2, 0.25) is 0 Å². The number of hydrogen-bond donors (Lipinski definition) is 1. The highest BCUT2D eigenvalue weighted by molar-refractivity contribution is 5.84.